The van der Waals surface area contributed by atoms with Gasteiger partial charge in [-0.1, -0.05) is 13.8 Å². The quantitative estimate of drug-likeness (QED) is 0.642. The van der Waals surface area contributed by atoms with Crippen molar-refractivity contribution in [3.05, 3.63) is 15.8 Å². The van der Waals surface area contributed by atoms with E-state index in [1.54, 1.807) is 7.05 Å². The van der Waals surface area contributed by atoms with Crippen LogP contribution in [0.5, 0.6) is 0 Å². The third-order valence-electron chi connectivity index (χ3n) is 4.53. The van der Waals surface area contributed by atoms with E-state index >= 15 is 0 Å². The Morgan fingerprint density at radius 2 is 2.14 bits per heavy atom. The molecule has 2 rings (SSSR count). The molecule has 1 aromatic heterocycles. The highest BCUT2D eigenvalue weighted by Crippen LogP contribution is 2.37. The van der Waals surface area contributed by atoms with Crippen LogP contribution in [-0.4, -0.2) is 32.0 Å². The second-order valence-electron chi connectivity index (χ2n) is 6.12. The van der Waals surface area contributed by atoms with Gasteiger partial charge in [0.2, 0.25) is 5.82 Å². The molecule has 1 aliphatic carbocycles. The number of hydrogen-bond acceptors (Lipinski definition) is 5. The van der Waals surface area contributed by atoms with E-state index in [1.807, 2.05) is 6.92 Å². The van der Waals surface area contributed by atoms with Crippen LogP contribution in [0.3, 0.4) is 0 Å². The summed E-state index contributed by atoms with van der Waals surface area (Å²) in [7, 11) is 1.70. The number of aliphatic hydroxyl groups is 1. The monoisotopic (exact) mass is 296 g/mol. The first-order valence-corrected chi connectivity index (χ1v) is 7.51. The van der Waals surface area contributed by atoms with Crippen LogP contribution in [0, 0.1) is 16.0 Å². The van der Waals surface area contributed by atoms with Crippen LogP contribution in [0.2, 0.25) is 0 Å². The van der Waals surface area contributed by atoms with E-state index in [0.717, 1.165) is 25.7 Å². The Morgan fingerprint density at radius 3 is 2.62 bits per heavy atom. The molecule has 2 N–H and O–H groups in total. The lowest BCUT2D eigenvalue weighted by atomic mass is 9.77. The molecule has 0 spiro atoms. The molecule has 0 bridgehead atoms. The number of aromatic nitrogens is 2. The molecule has 7 nitrogen and oxygen atoms in total. The van der Waals surface area contributed by atoms with E-state index in [1.165, 1.54) is 4.68 Å². The van der Waals surface area contributed by atoms with E-state index in [2.05, 4.69) is 17.3 Å². The van der Waals surface area contributed by atoms with Gasteiger partial charge in [0.05, 0.1) is 17.1 Å². The summed E-state index contributed by atoms with van der Waals surface area (Å²) in [6, 6.07) is 0. The maximum absolute atomic E-state index is 11.4. The Hall–Kier alpha value is -1.63. The molecule has 7 heteroatoms. The van der Waals surface area contributed by atoms with E-state index < -0.39 is 5.54 Å². The van der Waals surface area contributed by atoms with Gasteiger partial charge < -0.3 is 10.4 Å². The maximum Gasteiger partial charge on any atom is 0.333 e. The molecular weight excluding hydrogens is 272 g/mol. The summed E-state index contributed by atoms with van der Waals surface area (Å²) in [5, 5.41) is 28.6. The summed E-state index contributed by atoms with van der Waals surface area (Å²) in [6.07, 6.45) is 4.16. The van der Waals surface area contributed by atoms with Gasteiger partial charge in [-0.2, -0.15) is 5.10 Å². The molecule has 1 fully saturated rings. The van der Waals surface area contributed by atoms with Crippen molar-refractivity contribution in [1.82, 2.24) is 9.78 Å². The molecule has 0 atom stereocenters. The highest BCUT2D eigenvalue weighted by Gasteiger charge is 2.37. The number of nitrogens with one attached hydrogen (secondary N) is 1. The molecule has 21 heavy (non-hydrogen) atoms. The van der Waals surface area contributed by atoms with Crippen LogP contribution in [-0.2, 0) is 13.5 Å². The highest BCUT2D eigenvalue weighted by molar-refractivity contribution is 5.61. The van der Waals surface area contributed by atoms with Crippen molar-refractivity contribution in [2.45, 2.75) is 51.5 Å². The number of hydrogen-bond donors (Lipinski definition) is 2. The fourth-order valence-corrected chi connectivity index (χ4v) is 3.03. The average Bonchev–Trinajstić information content (AvgIpc) is 2.78. The van der Waals surface area contributed by atoms with Gasteiger partial charge in [-0.3, -0.25) is 10.1 Å². The lowest BCUT2D eigenvalue weighted by molar-refractivity contribution is -0.384. The van der Waals surface area contributed by atoms with E-state index in [9.17, 15) is 15.2 Å². The average molecular weight is 296 g/mol. The number of rotatable bonds is 5. The molecule has 1 saturated carbocycles. The topological polar surface area (TPSA) is 93.2 Å². The summed E-state index contributed by atoms with van der Waals surface area (Å²) >= 11 is 0. The van der Waals surface area contributed by atoms with Crippen LogP contribution >= 0.6 is 0 Å². The molecule has 0 radical (unpaired) electrons. The van der Waals surface area contributed by atoms with Crippen LogP contribution in [0.4, 0.5) is 11.5 Å². The van der Waals surface area contributed by atoms with Crippen molar-refractivity contribution in [2.24, 2.45) is 13.0 Å². The van der Waals surface area contributed by atoms with Gasteiger partial charge in [-0.15, -0.1) is 0 Å². The molecule has 118 valence electrons. The van der Waals surface area contributed by atoms with Gasteiger partial charge in [0.15, 0.2) is 0 Å². The van der Waals surface area contributed by atoms with Crippen LogP contribution in [0.1, 0.15) is 45.2 Å². The molecule has 0 aliphatic heterocycles. The Morgan fingerprint density at radius 1 is 1.52 bits per heavy atom. The molecule has 0 amide bonds. The lowest BCUT2D eigenvalue weighted by Crippen LogP contribution is -2.45. The number of nitro groups is 1. The van der Waals surface area contributed by atoms with Gasteiger partial charge in [0.1, 0.15) is 5.69 Å². The first-order valence-electron chi connectivity index (χ1n) is 7.51. The second-order valence-corrected chi connectivity index (χ2v) is 6.12. The maximum atomic E-state index is 11.4. The second kappa shape index (κ2) is 6.01. The summed E-state index contributed by atoms with van der Waals surface area (Å²) in [5.41, 5.74) is 0.0320. The van der Waals surface area contributed by atoms with E-state index in [0.29, 0.717) is 23.9 Å². The van der Waals surface area contributed by atoms with Crippen molar-refractivity contribution in [3.63, 3.8) is 0 Å². The first kappa shape index (κ1) is 15.8. The third-order valence-corrected chi connectivity index (χ3v) is 4.53. The van der Waals surface area contributed by atoms with Gasteiger partial charge >= 0.3 is 5.69 Å². The molecule has 0 aromatic carbocycles. The minimum absolute atomic E-state index is 0.0243. The highest BCUT2D eigenvalue weighted by atomic mass is 16.6. The Balaban J connectivity index is 2.33. The Bertz CT molecular complexity index is 519. The number of nitrogens with zero attached hydrogens (tertiary/aromatic N) is 3. The van der Waals surface area contributed by atoms with Crippen LogP contribution in [0.15, 0.2) is 0 Å². The third kappa shape index (κ3) is 3.02. The predicted octanol–water partition coefficient (Wildman–Crippen LogP) is 2.24. The minimum atomic E-state index is -0.476. The Labute approximate surface area is 124 Å². The summed E-state index contributed by atoms with van der Waals surface area (Å²) in [5.74, 6) is 1.04. The molecule has 1 aromatic rings. The molecule has 0 saturated heterocycles. The largest absolute Gasteiger partial charge is 0.394 e. The zero-order valence-corrected chi connectivity index (χ0v) is 12.9. The zero-order chi connectivity index (χ0) is 15.6. The normalized spacial score (nSPS) is 25.8. The summed E-state index contributed by atoms with van der Waals surface area (Å²) < 4.78 is 1.52. The van der Waals surface area contributed by atoms with E-state index in [4.69, 9.17) is 0 Å². The van der Waals surface area contributed by atoms with Gasteiger partial charge in [0, 0.05) is 7.05 Å². The molecule has 1 heterocycles. The smallest absolute Gasteiger partial charge is 0.333 e. The van der Waals surface area contributed by atoms with E-state index in [-0.39, 0.29) is 17.2 Å². The van der Waals surface area contributed by atoms with Crippen molar-refractivity contribution >= 4 is 11.5 Å². The fourth-order valence-electron chi connectivity index (χ4n) is 3.03. The Kier molecular flexibility index (Phi) is 4.51. The first-order chi connectivity index (χ1) is 9.92. The van der Waals surface area contributed by atoms with Gasteiger partial charge in [0.25, 0.3) is 0 Å². The number of aliphatic hydroxyl groups excluding tert-OH is 1. The number of anilines is 1. The van der Waals surface area contributed by atoms with Crippen LogP contribution < -0.4 is 5.32 Å². The lowest BCUT2D eigenvalue weighted by Gasteiger charge is -2.39. The predicted molar refractivity (Wildman–Crippen MR) is 80.3 cm³/mol. The standard InChI is InChI=1S/C14H24N4O3/c1-4-11-12(18(20)21)13(17(3)16-11)15-14(9-19)7-5-10(2)6-8-14/h10,15,19H,4-9H2,1-3H3. The molecule has 1 aliphatic rings. The van der Waals surface area contributed by atoms with Crippen molar-refractivity contribution < 1.29 is 10.0 Å². The SMILES string of the molecule is CCc1nn(C)c(NC2(CO)CCC(C)CC2)c1[N+](=O)[O-]. The van der Waals surface area contributed by atoms with Crippen LogP contribution in [0.25, 0.3) is 0 Å². The van der Waals surface area contributed by atoms with Gasteiger partial charge in [-0.25, -0.2) is 4.68 Å². The summed E-state index contributed by atoms with van der Waals surface area (Å²) in [4.78, 5) is 11.0. The van der Waals surface area contributed by atoms with Crippen molar-refractivity contribution in [1.29, 1.82) is 0 Å². The molecular formula is C14H24N4O3. The van der Waals surface area contributed by atoms with Gasteiger partial charge in [-0.05, 0) is 38.0 Å². The zero-order valence-electron chi connectivity index (χ0n) is 12.9. The molecule has 0 unspecified atom stereocenters. The minimum Gasteiger partial charge on any atom is -0.394 e. The van der Waals surface area contributed by atoms with Crippen molar-refractivity contribution in [2.75, 3.05) is 11.9 Å². The van der Waals surface area contributed by atoms with Crippen molar-refractivity contribution in [3.8, 4) is 0 Å². The number of aryl methyl sites for hydroxylation is 2. The fraction of sp³-hybridized carbons (Fsp3) is 0.786. The summed E-state index contributed by atoms with van der Waals surface area (Å²) in [6.45, 7) is 4.02.